The highest BCUT2D eigenvalue weighted by Gasteiger charge is 2.21. The number of benzene rings is 1. The molecule has 116 valence electrons. The molecule has 0 saturated heterocycles. The zero-order valence-electron chi connectivity index (χ0n) is 13.2. The van der Waals surface area contributed by atoms with Crippen LogP contribution in [0.1, 0.15) is 26.3 Å². The Morgan fingerprint density at radius 2 is 1.90 bits per heavy atom. The number of carbonyl (C=O) groups is 2. The lowest BCUT2D eigenvalue weighted by molar-refractivity contribution is -0.131. The van der Waals surface area contributed by atoms with Crippen LogP contribution in [0.2, 0.25) is 0 Å². The van der Waals surface area contributed by atoms with E-state index in [0.29, 0.717) is 13.2 Å². The van der Waals surface area contributed by atoms with Crippen LogP contribution in [-0.2, 0) is 9.59 Å². The third-order valence-corrected chi connectivity index (χ3v) is 2.77. The smallest absolute Gasteiger partial charge is 0.239 e. The molecule has 21 heavy (non-hydrogen) atoms. The van der Waals surface area contributed by atoms with Crippen LogP contribution >= 0.6 is 0 Å². The molecule has 1 aromatic rings. The highest BCUT2D eigenvalue weighted by atomic mass is 16.5. The van der Waals surface area contributed by atoms with E-state index >= 15 is 0 Å². The average molecular weight is 292 g/mol. The van der Waals surface area contributed by atoms with Gasteiger partial charge in [-0.25, -0.2) is 0 Å². The summed E-state index contributed by atoms with van der Waals surface area (Å²) in [5, 5.41) is 5.29. The Morgan fingerprint density at radius 3 is 2.52 bits per heavy atom. The van der Waals surface area contributed by atoms with Crippen molar-refractivity contribution in [2.45, 2.75) is 27.7 Å². The van der Waals surface area contributed by atoms with Gasteiger partial charge in [-0.3, -0.25) is 9.59 Å². The molecule has 0 heterocycles. The van der Waals surface area contributed by atoms with Crippen molar-refractivity contribution >= 4 is 11.8 Å². The van der Waals surface area contributed by atoms with Crippen LogP contribution in [0.3, 0.4) is 0 Å². The van der Waals surface area contributed by atoms with Crippen LogP contribution in [0.5, 0.6) is 5.75 Å². The number of amides is 2. The standard InChI is InChI=1S/C16H24N2O3/c1-12-6-5-7-13(10-12)21-9-8-17-14(19)11-18-15(20)16(2,3)4/h5-7,10H,8-9,11H2,1-4H3,(H,17,19)(H,18,20). The third-order valence-electron chi connectivity index (χ3n) is 2.77. The van der Waals surface area contributed by atoms with E-state index in [0.717, 1.165) is 11.3 Å². The first-order chi connectivity index (χ1) is 9.79. The molecule has 2 amide bonds. The first kappa shape index (κ1) is 17.0. The molecule has 1 rings (SSSR count). The number of carbonyl (C=O) groups excluding carboxylic acids is 2. The van der Waals surface area contributed by atoms with E-state index in [1.807, 2.05) is 31.2 Å². The summed E-state index contributed by atoms with van der Waals surface area (Å²) in [5.74, 6) is 0.416. The first-order valence-electron chi connectivity index (χ1n) is 7.03. The highest BCUT2D eigenvalue weighted by Crippen LogP contribution is 2.12. The summed E-state index contributed by atoms with van der Waals surface area (Å²) in [4.78, 5) is 23.2. The van der Waals surface area contributed by atoms with Gasteiger partial charge in [0, 0.05) is 5.41 Å². The highest BCUT2D eigenvalue weighted by molar-refractivity contribution is 5.87. The Hall–Kier alpha value is -2.04. The Morgan fingerprint density at radius 1 is 1.19 bits per heavy atom. The summed E-state index contributed by atoms with van der Waals surface area (Å²) in [7, 11) is 0. The van der Waals surface area contributed by atoms with E-state index in [1.54, 1.807) is 20.8 Å². The van der Waals surface area contributed by atoms with Crippen molar-refractivity contribution in [2.75, 3.05) is 19.7 Å². The number of nitrogens with one attached hydrogen (secondary N) is 2. The van der Waals surface area contributed by atoms with Crippen molar-refractivity contribution in [1.29, 1.82) is 0 Å². The summed E-state index contributed by atoms with van der Waals surface area (Å²) in [6.45, 7) is 8.18. The molecule has 5 heteroatoms. The maximum atomic E-state index is 11.6. The van der Waals surface area contributed by atoms with Gasteiger partial charge in [0.25, 0.3) is 0 Å². The molecule has 0 fully saturated rings. The maximum Gasteiger partial charge on any atom is 0.239 e. The van der Waals surface area contributed by atoms with Gasteiger partial charge in [0.15, 0.2) is 0 Å². The fourth-order valence-corrected chi connectivity index (χ4v) is 1.55. The van der Waals surface area contributed by atoms with E-state index in [-0.39, 0.29) is 18.4 Å². The van der Waals surface area contributed by atoms with Gasteiger partial charge in [0.05, 0.1) is 13.1 Å². The van der Waals surface area contributed by atoms with E-state index < -0.39 is 5.41 Å². The monoisotopic (exact) mass is 292 g/mol. The molecular formula is C16H24N2O3. The fraction of sp³-hybridized carbons (Fsp3) is 0.500. The van der Waals surface area contributed by atoms with Gasteiger partial charge < -0.3 is 15.4 Å². The zero-order chi connectivity index (χ0) is 15.9. The second-order valence-electron chi connectivity index (χ2n) is 5.95. The second kappa shape index (κ2) is 7.67. The largest absolute Gasteiger partial charge is 0.492 e. The Balaban J connectivity index is 2.18. The van der Waals surface area contributed by atoms with Crippen molar-refractivity contribution in [3.8, 4) is 5.75 Å². The number of aryl methyl sites for hydroxylation is 1. The van der Waals surface area contributed by atoms with E-state index in [2.05, 4.69) is 10.6 Å². The molecule has 0 aliphatic rings. The van der Waals surface area contributed by atoms with Crippen molar-refractivity contribution < 1.29 is 14.3 Å². The van der Waals surface area contributed by atoms with Gasteiger partial charge in [0.2, 0.25) is 11.8 Å². The van der Waals surface area contributed by atoms with Crippen LogP contribution in [0.15, 0.2) is 24.3 Å². The van der Waals surface area contributed by atoms with Crippen LogP contribution in [0, 0.1) is 12.3 Å². The van der Waals surface area contributed by atoms with Crippen molar-refractivity contribution in [3.05, 3.63) is 29.8 Å². The summed E-state index contributed by atoms with van der Waals surface area (Å²) < 4.78 is 5.52. The molecule has 0 unspecified atom stereocenters. The minimum atomic E-state index is -0.492. The van der Waals surface area contributed by atoms with Gasteiger partial charge in [-0.1, -0.05) is 32.9 Å². The molecule has 2 N–H and O–H groups in total. The summed E-state index contributed by atoms with van der Waals surface area (Å²) in [6, 6.07) is 7.72. The van der Waals surface area contributed by atoms with Gasteiger partial charge in [0.1, 0.15) is 12.4 Å². The SMILES string of the molecule is Cc1cccc(OCCNC(=O)CNC(=O)C(C)(C)C)c1. The second-order valence-corrected chi connectivity index (χ2v) is 5.95. The lowest BCUT2D eigenvalue weighted by atomic mass is 9.96. The molecule has 0 atom stereocenters. The summed E-state index contributed by atoms with van der Waals surface area (Å²) in [6.07, 6.45) is 0. The topological polar surface area (TPSA) is 67.4 Å². The first-order valence-corrected chi connectivity index (χ1v) is 7.03. The molecule has 0 saturated carbocycles. The van der Waals surface area contributed by atoms with E-state index in [9.17, 15) is 9.59 Å². The average Bonchev–Trinajstić information content (AvgIpc) is 2.40. The van der Waals surface area contributed by atoms with Gasteiger partial charge >= 0.3 is 0 Å². The van der Waals surface area contributed by atoms with Crippen molar-refractivity contribution in [2.24, 2.45) is 5.41 Å². The molecule has 0 bridgehead atoms. The normalized spacial score (nSPS) is 10.9. The third kappa shape index (κ3) is 6.79. The number of hydrogen-bond donors (Lipinski definition) is 2. The predicted molar refractivity (Wildman–Crippen MR) is 82.1 cm³/mol. The molecule has 0 aromatic heterocycles. The van der Waals surface area contributed by atoms with Gasteiger partial charge in [-0.2, -0.15) is 0 Å². The lowest BCUT2D eigenvalue weighted by Gasteiger charge is -2.17. The zero-order valence-corrected chi connectivity index (χ0v) is 13.2. The number of hydrogen-bond acceptors (Lipinski definition) is 3. The van der Waals surface area contributed by atoms with Gasteiger partial charge in [-0.15, -0.1) is 0 Å². The predicted octanol–water partition coefficient (Wildman–Crippen LogP) is 1.65. The van der Waals surface area contributed by atoms with E-state index in [4.69, 9.17) is 4.74 Å². The van der Waals surface area contributed by atoms with Crippen LogP contribution < -0.4 is 15.4 Å². The Bertz CT molecular complexity index is 493. The van der Waals surface area contributed by atoms with Crippen molar-refractivity contribution in [1.82, 2.24) is 10.6 Å². The lowest BCUT2D eigenvalue weighted by Crippen LogP contribution is -2.42. The molecule has 0 radical (unpaired) electrons. The Kier molecular flexibility index (Phi) is 6.21. The minimum Gasteiger partial charge on any atom is -0.492 e. The molecule has 0 aliphatic heterocycles. The van der Waals surface area contributed by atoms with Crippen molar-refractivity contribution in [3.63, 3.8) is 0 Å². The minimum absolute atomic E-state index is 0.0133. The molecule has 0 spiro atoms. The van der Waals surface area contributed by atoms with Crippen LogP contribution in [-0.4, -0.2) is 31.5 Å². The quantitative estimate of drug-likeness (QED) is 0.783. The van der Waals surface area contributed by atoms with E-state index in [1.165, 1.54) is 0 Å². The summed E-state index contributed by atoms with van der Waals surface area (Å²) in [5.41, 5.74) is 0.635. The number of rotatable bonds is 6. The molecule has 5 nitrogen and oxygen atoms in total. The molecule has 0 aliphatic carbocycles. The number of ether oxygens (including phenoxy) is 1. The fourth-order valence-electron chi connectivity index (χ4n) is 1.55. The molecule has 1 aromatic carbocycles. The van der Waals surface area contributed by atoms with Gasteiger partial charge in [-0.05, 0) is 24.6 Å². The van der Waals surface area contributed by atoms with Crippen LogP contribution in [0.4, 0.5) is 0 Å². The van der Waals surface area contributed by atoms with Crippen LogP contribution in [0.25, 0.3) is 0 Å². The maximum absolute atomic E-state index is 11.6. The Labute approximate surface area is 126 Å². The molecular weight excluding hydrogens is 268 g/mol. The summed E-state index contributed by atoms with van der Waals surface area (Å²) >= 11 is 0.